The van der Waals surface area contributed by atoms with E-state index in [1.54, 1.807) is 33.2 Å². The number of hydrogen-bond donors (Lipinski definition) is 1. The molecule has 0 spiro atoms. The number of pyridine rings is 1. The summed E-state index contributed by atoms with van der Waals surface area (Å²) in [7, 11) is 0. The van der Waals surface area contributed by atoms with Gasteiger partial charge in [0.2, 0.25) is 0 Å². The summed E-state index contributed by atoms with van der Waals surface area (Å²) in [6.45, 7) is 5.20. The summed E-state index contributed by atoms with van der Waals surface area (Å²) < 4.78 is 34.3. The van der Waals surface area contributed by atoms with E-state index in [2.05, 4.69) is 20.3 Å². The van der Waals surface area contributed by atoms with E-state index in [1.165, 1.54) is 6.20 Å². The maximum absolute atomic E-state index is 13.6. The van der Waals surface area contributed by atoms with Crippen LogP contribution in [0.3, 0.4) is 0 Å². The van der Waals surface area contributed by atoms with E-state index >= 15 is 0 Å². The average molecular weight is 430 g/mol. The maximum atomic E-state index is 13.6. The summed E-state index contributed by atoms with van der Waals surface area (Å²) in [5.74, 6) is 0.437. The van der Waals surface area contributed by atoms with E-state index in [1.807, 2.05) is 28.8 Å². The molecule has 3 aromatic heterocycles. The number of carbonyl (C=O) groups excluding carboxylic acids is 1. The number of halogens is 2. The molecule has 31 heavy (non-hydrogen) atoms. The van der Waals surface area contributed by atoms with Gasteiger partial charge in [-0.1, -0.05) is 6.07 Å². The van der Waals surface area contributed by atoms with Crippen molar-refractivity contribution in [3.8, 4) is 11.4 Å². The minimum absolute atomic E-state index is 0.0818. The number of nitrogens with one attached hydrogen (secondary N) is 1. The second-order valence-corrected chi connectivity index (χ2v) is 8.47. The van der Waals surface area contributed by atoms with Crippen LogP contribution in [0.25, 0.3) is 17.0 Å². The molecule has 8 nitrogen and oxygen atoms in total. The first kappa shape index (κ1) is 21.0. The van der Waals surface area contributed by atoms with Crippen LogP contribution in [0.4, 0.5) is 19.4 Å². The number of rotatable bonds is 4. The lowest BCUT2D eigenvalue weighted by Gasteiger charge is -2.28. The highest BCUT2D eigenvalue weighted by Crippen LogP contribution is 2.28. The van der Waals surface area contributed by atoms with Crippen molar-refractivity contribution in [2.75, 3.05) is 11.9 Å². The predicted molar refractivity (Wildman–Crippen MR) is 111 cm³/mol. The van der Waals surface area contributed by atoms with Crippen LogP contribution in [0, 0.1) is 0 Å². The third kappa shape index (κ3) is 4.57. The number of ether oxygens (including phenoxy) is 1. The summed E-state index contributed by atoms with van der Waals surface area (Å²) in [5.41, 5.74) is 1.37. The van der Waals surface area contributed by atoms with Crippen molar-refractivity contribution in [2.45, 2.75) is 51.3 Å². The topological polar surface area (TPSA) is 84.6 Å². The molecule has 3 aromatic rings. The highest BCUT2D eigenvalue weighted by molar-refractivity contribution is 5.69. The lowest BCUT2D eigenvalue weighted by Crippen LogP contribution is -2.43. The minimum Gasteiger partial charge on any atom is -0.444 e. The van der Waals surface area contributed by atoms with Crippen LogP contribution in [-0.2, 0) is 4.74 Å². The van der Waals surface area contributed by atoms with Crippen molar-refractivity contribution in [3.05, 3.63) is 43.0 Å². The Kier molecular flexibility index (Phi) is 5.47. The molecule has 0 aliphatic carbocycles. The van der Waals surface area contributed by atoms with Crippen molar-refractivity contribution in [3.63, 3.8) is 0 Å². The zero-order valence-corrected chi connectivity index (χ0v) is 17.5. The number of imidazole rings is 1. The van der Waals surface area contributed by atoms with Gasteiger partial charge in [0.1, 0.15) is 22.8 Å². The summed E-state index contributed by atoms with van der Waals surface area (Å²) in [5, 5.41) is 3.14. The van der Waals surface area contributed by atoms with Gasteiger partial charge >= 0.3 is 6.09 Å². The lowest BCUT2D eigenvalue weighted by atomic mass is 10.2. The summed E-state index contributed by atoms with van der Waals surface area (Å²) >= 11 is 0. The van der Waals surface area contributed by atoms with Gasteiger partial charge in [0, 0.05) is 18.8 Å². The molecule has 1 aliphatic heterocycles. The average Bonchev–Trinajstić information content (AvgIpc) is 3.31. The Morgan fingerprint density at radius 1 is 1.26 bits per heavy atom. The number of likely N-dealkylation sites (tertiary alicyclic amines) is 1. The number of aromatic nitrogens is 4. The van der Waals surface area contributed by atoms with E-state index in [-0.39, 0.29) is 13.0 Å². The fourth-order valence-corrected chi connectivity index (χ4v) is 3.63. The molecule has 10 heteroatoms. The van der Waals surface area contributed by atoms with Gasteiger partial charge in [0.25, 0.3) is 6.43 Å². The number of alkyl halides is 2. The number of hydrogen-bond acceptors (Lipinski definition) is 6. The lowest BCUT2D eigenvalue weighted by molar-refractivity contribution is -0.00227. The summed E-state index contributed by atoms with van der Waals surface area (Å²) in [6.07, 6.45) is 3.39. The summed E-state index contributed by atoms with van der Waals surface area (Å²) in [6, 6.07) is 4.04. The predicted octanol–water partition coefficient (Wildman–Crippen LogP) is 3.85. The van der Waals surface area contributed by atoms with Gasteiger partial charge in [-0.05, 0) is 39.3 Å². The van der Waals surface area contributed by atoms with E-state index < -0.39 is 30.2 Å². The molecular weight excluding hydrogens is 406 g/mol. The van der Waals surface area contributed by atoms with Crippen molar-refractivity contribution in [1.29, 1.82) is 0 Å². The molecule has 4 heterocycles. The van der Waals surface area contributed by atoms with Crippen LogP contribution in [0.5, 0.6) is 0 Å². The van der Waals surface area contributed by atoms with Crippen molar-refractivity contribution in [1.82, 2.24) is 24.3 Å². The molecule has 1 aliphatic rings. The van der Waals surface area contributed by atoms with Crippen LogP contribution in [0.15, 0.2) is 43.0 Å². The Bertz CT molecular complexity index is 1080. The monoisotopic (exact) mass is 430 g/mol. The third-order valence-electron chi connectivity index (χ3n) is 4.93. The minimum atomic E-state index is -2.67. The second-order valence-electron chi connectivity index (χ2n) is 8.47. The van der Waals surface area contributed by atoms with Crippen LogP contribution >= 0.6 is 0 Å². The van der Waals surface area contributed by atoms with Crippen LogP contribution in [-0.4, -0.2) is 61.0 Å². The van der Waals surface area contributed by atoms with E-state index in [9.17, 15) is 13.6 Å². The van der Waals surface area contributed by atoms with Gasteiger partial charge in [-0.25, -0.2) is 23.5 Å². The van der Waals surface area contributed by atoms with Crippen LogP contribution in [0.1, 0.15) is 27.2 Å². The second kappa shape index (κ2) is 8.09. The third-order valence-corrected chi connectivity index (χ3v) is 4.93. The molecule has 1 amide bonds. The number of amides is 1. The van der Waals surface area contributed by atoms with Crippen molar-refractivity contribution >= 4 is 17.6 Å². The number of fused-ring (bicyclic) bond motifs is 1. The van der Waals surface area contributed by atoms with Crippen molar-refractivity contribution in [2.24, 2.45) is 0 Å². The molecule has 2 atom stereocenters. The van der Waals surface area contributed by atoms with Crippen molar-refractivity contribution < 1.29 is 18.3 Å². The molecule has 0 radical (unpaired) electrons. The van der Waals surface area contributed by atoms with E-state index in [0.717, 1.165) is 16.2 Å². The number of anilines is 1. The Labute approximate surface area is 178 Å². The molecule has 1 saturated heterocycles. The standard InChI is InChI=1S/C21H24F2N6O2/c1-21(2,3)31-20(30)29-12-13(8-15(29)19(22)23)26-17-11-24-9-14(27-17)16-10-25-18-6-4-5-7-28(16)18/h4-7,9-11,13,15,19H,8,12H2,1-3H3,(H,26,27)/t13?,15-/m0/s1. The normalized spacial score (nSPS) is 19.2. The molecule has 0 aromatic carbocycles. The van der Waals surface area contributed by atoms with E-state index in [0.29, 0.717) is 11.5 Å². The fraction of sp³-hybridized carbons (Fsp3) is 0.429. The van der Waals surface area contributed by atoms with Gasteiger partial charge in [-0.2, -0.15) is 0 Å². The first-order valence-corrected chi connectivity index (χ1v) is 10.00. The highest BCUT2D eigenvalue weighted by Gasteiger charge is 2.42. The smallest absolute Gasteiger partial charge is 0.410 e. The Morgan fingerprint density at radius 2 is 2.06 bits per heavy atom. The highest BCUT2D eigenvalue weighted by atomic mass is 19.3. The molecule has 1 unspecified atom stereocenters. The number of nitrogens with zero attached hydrogens (tertiary/aromatic N) is 5. The van der Waals surface area contributed by atoms with Gasteiger partial charge in [0.15, 0.2) is 0 Å². The van der Waals surface area contributed by atoms with Gasteiger partial charge in [-0.15, -0.1) is 0 Å². The molecular formula is C21H24F2N6O2. The number of carbonyl (C=O) groups is 1. The molecule has 4 rings (SSSR count). The molecule has 0 bridgehead atoms. The van der Waals surface area contributed by atoms with Gasteiger partial charge in [-0.3, -0.25) is 14.3 Å². The molecule has 0 saturated carbocycles. The van der Waals surface area contributed by atoms with E-state index in [4.69, 9.17) is 4.74 Å². The molecule has 1 fully saturated rings. The fourth-order valence-electron chi connectivity index (χ4n) is 3.63. The zero-order chi connectivity index (χ0) is 22.2. The van der Waals surface area contributed by atoms with Crippen LogP contribution in [0.2, 0.25) is 0 Å². The van der Waals surface area contributed by atoms with Gasteiger partial charge in [0.05, 0.1) is 30.3 Å². The first-order valence-electron chi connectivity index (χ1n) is 10.00. The molecule has 1 N–H and O–H groups in total. The SMILES string of the molecule is CC(C)(C)OC(=O)N1CC(Nc2cncc(-c3cnc4ccccn34)n2)C[C@H]1C(F)F. The van der Waals surface area contributed by atoms with Crippen LogP contribution < -0.4 is 5.32 Å². The Balaban J connectivity index is 1.52. The summed E-state index contributed by atoms with van der Waals surface area (Å²) in [4.78, 5) is 26.7. The Hall–Kier alpha value is -3.30. The zero-order valence-electron chi connectivity index (χ0n) is 17.5. The molecule has 164 valence electrons. The Morgan fingerprint density at radius 3 is 2.81 bits per heavy atom. The largest absolute Gasteiger partial charge is 0.444 e. The quantitative estimate of drug-likeness (QED) is 0.677. The first-order chi connectivity index (χ1) is 14.7. The maximum Gasteiger partial charge on any atom is 0.410 e. The van der Waals surface area contributed by atoms with Gasteiger partial charge < -0.3 is 10.1 Å².